The molecular weight excluding hydrogens is 386 g/mol. The Labute approximate surface area is 182 Å². The zero-order valence-corrected chi connectivity index (χ0v) is 17.5. The number of piperidine rings is 1. The number of ether oxygens (including phenoxy) is 1. The SMILES string of the molecule is COc1ccc(N2CCC(NC(=O)c3ccccc3-c3ccccc3C#N)CC2)cc1. The van der Waals surface area contributed by atoms with E-state index < -0.39 is 0 Å². The molecule has 0 saturated carbocycles. The quantitative estimate of drug-likeness (QED) is 0.665. The minimum absolute atomic E-state index is 0.0914. The molecule has 3 aromatic carbocycles. The molecule has 0 unspecified atom stereocenters. The van der Waals surface area contributed by atoms with Crippen LogP contribution in [0.3, 0.4) is 0 Å². The first-order valence-electron chi connectivity index (χ1n) is 10.5. The summed E-state index contributed by atoms with van der Waals surface area (Å²) in [7, 11) is 1.67. The minimum atomic E-state index is -0.0914. The molecule has 0 radical (unpaired) electrons. The van der Waals surface area contributed by atoms with Gasteiger partial charge in [0, 0.05) is 35.9 Å². The summed E-state index contributed by atoms with van der Waals surface area (Å²) in [4.78, 5) is 15.4. The van der Waals surface area contributed by atoms with E-state index >= 15 is 0 Å². The highest BCUT2D eigenvalue weighted by Crippen LogP contribution is 2.28. The second-order valence-electron chi connectivity index (χ2n) is 7.64. The lowest BCUT2D eigenvalue weighted by molar-refractivity contribution is 0.0932. The van der Waals surface area contributed by atoms with E-state index in [4.69, 9.17) is 4.74 Å². The zero-order valence-electron chi connectivity index (χ0n) is 17.5. The molecule has 1 heterocycles. The van der Waals surface area contributed by atoms with Crippen LogP contribution in [0.1, 0.15) is 28.8 Å². The van der Waals surface area contributed by atoms with Crippen molar-refractivity contribution in [2.45, 2.75) is 18.9 Å². The summed E-state index contributed by atoms with van der Waals surface area (Å²) in [5, 5.41) is 12.7. The molecule has 0 aromatic heterocycles. The van der Waals surface area contributed by atoms with Gasteiger partial charge in [0.15, 0.2) is 0 Å². The highest BCUT2D eigenvalue weighted by atomic mass is 16.5. The van der Waals surface area contributed by atoms with E-state index in [2.05, 4.69) is 28.4 Å². The lowest BCUT2D eigenvalue weighted by Crippen LogP contribution is -2.44. The summed E-state index contributed by atoms with van der Waals surface area (Å²) in [6.45, 7) is 1.77. The van der Waals surface area contributed by atoms with E-state index in [1.54, 1.807) is 13.2 Å². The largest absolute Gasteiger partial charge is 0.497 e. The summed E-state index contributed by atoms with van der Waals surface area (Å²) in [5.41, 5.74) is 3.90. The third-order valence-electron chi connectivity index (χ3n) is 5.78. The van der Waals surface area contributed by atoms with Crippen molar-refractivity contribution in [1.82, 2.24) is 5.32 Å². The van der Waals surface area contributed by atoms with Gasteiger partial charge in [0.25, 0.3) is 5.91 Å². The fourth-order valence-electron chi connectivity index (χ4n) is 4.07. The van der Waals surface area contributed by atoms with Gasteiger partial charge < -0.3 is 15.0 Å². The third kappa shape index (κ3) is 4.54. The summed E-state index contributed by atoms with van der Waals surface area (Å²) in [6, 6.07) is 25.3. The second-order valence-corrected chi connectivity index (χ2v) is 7.64. The van der Waals surface area contributed by atoms with E-state index in [1.165, 1.54) is 5.69 Å². The number of rotatable bonds is 5. The maximum Gasteiger partial charge on any atom is 0.252 e. The van der Waals surface area contributed by atoms with E-state index in [9.17, 15) is 10.1 Å². The molecule has 1 N–H and O–H groups in total. The molecule has 0 atom stereocenters. The highest BCUT2D eigenvalue weighted by molar-refractivity contribution is 6.01. The van der Waals surface area contributed by atoms with Crippen molar-refractivity contribution < 1.29 is 9.53 Å². The molecule has 1 aliphatic rings. The van der Waals surface area contributed by atoms with Crippen LogP contribution in [0.5, 0.6) is 5.75 Å². The van der Waals surface area contributed by atoms with Crippen LogP contribution in [0.15, 0.2) is 72.8 Å². The molecule has 3 aromatic rings. The van der Waals surface area contributed by atoms with Crippen LogP contribution in [0.2, 0.25) is 0 Å². The number of carbonyl (C=O) groups excluding carboxylic acids is 1. The molecular formula is C26H25N3O2. The molecule has 0 spiro atoms. The predicted octanol–water partition coefficient (Wildman–Crippen LogP) is 4.63. The van der Waals surface area contributed by atoms with Crippen molar-refractivity contribution in [2.24, 2.45) is 0 Å². The summed E-state index contributed by atoms with van der Waals surface area (Å²) in [6.07, 6.45) is 1.77. The van der Waals surface area contributed by atoms with Crippen molar-refractivity contribution in [3.05, 3.63) is 83.9 Å². The van der Waals surface area contributed by atoms with Gasteiger partial charge in [-0.15, -0.1) is 0 Å². The number of hydrogen-bond donors (Lipinski definition) is 1. The number of nitriles is 1. The second kappa shape index (κ2) is 9.36. The zero-order chi connectivity index (χ0) is 21.6. The average Bonchev–Trinajstić information content (AvgIpc) is 2.84. The van der Waals surface area contributed by atoms with Crippen molar-refractivity contribution in [3.8, 4) is 22.9 Å². The Bertz CT molecular complexity index is 1090. The number of amides is 1. The Balaban J connectivity index is 1.44. The summed E-state index contributed by atoms with van der Waals surface area (Å²) in [5.74, 6) is 0.758. The van der Waals surface area contributed by atoms with Crippen molar-refractivity contribution in [3.63, 3.8) is 0 Å². The lowest BCUT2D eigenvalue weighted by Gasteiger charge is -2.34. The van der Waals surface area contributed by atoms with Crippen LogP contribution in [0.4, 0.5) is 5.69 Å². The molecule has 1 amide bonds. The van der Waals surface area contributed by atoms with E-state index in [1.807, 2.05) is 54.6 Å². The highest BCUT2D eigenvalue weighted by Gasteiger charge is 2.23. The first-order valence-corrected chi connectivity index (χ1v) is 10.5. The number of benzene rings is 3. The molecule has 1 fully saturated rings. The smallest absolute Gasteiger partial charge is 0.252 e. The van der Waals surface area contributed by atoms with Crippen molar-refractivity contribution >= 4 is 11.6 Å². The number of nitrogens with zero attached hydrogens (tertiary/aromatic N) is 2. The van der Waals surface area contributed by atoms with Gasteiger partial charge in [0.1, 0.15) is 5.75 Å². The van der Waals surface area contributed by atoms with Gasteiger partial charge in [-0.3, -0.25) is 4.79 Å². The van der Waals surface area contributed by atoms with Crippen molar-refractivity contribution in [1.29, 1.82) is 5.26 Å². The van der Waals surface area contributed by atoms with Gasteiger partial charge in [-0.2, -0.15) is 5.26 Å². The minimum Gasteiger partial charge on any atom is -0.497 e. The Morgan fingerprint density at radius 1 is 0.968 bits per heavy atom. The number of nitrogens with one attached hydrogen (secondary N) is 1. The van der Waals surface area contributed by atoms with Gasteiger partial charge in [0.2, 0.25) is 0 Å². The first kappa shape index (κ1) is 20.5. The Kier molecular flexibility index (Phi) is 6.18. The fourth-order valence-corrected chi connectivity index (χ4v) is 4.07. The number of methoxy groups -OCH3 is 1. The fraction of sp³-hybridized carbons (Fsp3) is 0.231. The number of hydrogen-bond acceptors (Lipinski definition) is 4. The van der Waals surface area contributed by atoms with E-state index in [0.29, 0.717) is 11.1 Å². The molecule has 0 aliphatic carbocycles. The maximum atomic E-state index is 13.1. The average molecular weight is 412 g/mol. The molecule has 31 heavy (non-hydrogen) atoms. The van der Waals surface area contributed by atoms with Gasteiger partial charge in [-0.1, -0.05) is 36.4 Å². The topological polar surface area (TPSA) is 65.4 Å². The monoisotopic (exact) mass is 411 g/mol. The molecule has 5 nitrogen and oxygen atoms in total. The van der Waals surface area contributed by atoms with Gasteiger partial charge >= 0.3 is 0 Å². The normalized spacial score (nSPS) is 14.0. The Hall–Kier alpha value is -3.78. The van der Waals surface area contributed by atoms with Crippen LogP contribution < -0.4 is 15.0 Å². The van der Waals surface area contributed by atoms with Crippen LogP contribution >= 0.6 is 0 Å². The first-order chi connectivity index (χ1) is 15.2. The van der Waals surface area contributed by atoms with Gasteiger partial charge in [0.05, 0.1) is 18.7 Å². The Morgan fingerprint density at radius 3 is 2.29 bits per heavy atom. The van der Waals surface area contributed by atoms with Gasteiger partial charge in [-0.05, 0) is 54.8 Å². The molecule has 1 saturated heterocycles. The van der Waals surface area contributed by atoms with Crippen molar-refractivity contribution in [2.75, 3.05) is 25.1 Å². The summed E-state index contributed by atoms with van der Waals surface area (Å²) >= 11 is 0. The number of anilines is 1. The molecule has 0 bridgehead atoms. The number of carbonyl (C=O) groups is 1. The van der Waals surface area contributed by atoms with Crippen LogP contribution in [0, 0.1) is 11.3 Å². The van der Waals surface area contributed by atoms with Crippen LogP contribution in [0.25, 0.3) is 11.1 Å². The third-order valence-corrected chi connectivity index (χ3v) is 5.78. The Morgan fingerprint density at radius 2 is 1.61 bits per heavy atom. The molecule has 4 rings (SSSR count). The standard InChI is InChI=1S/C26H25N3O2/c1-31-22-12-10-21(11-13-22)29-16-14-20(15-17-29)28-26(30)25-9-5-4-8-24(25)23-7-3-2-6-19(23)18-27/h2-13,20H,14-17H2,1H3,(H,28,30). The predicted molar refractivity (Wildman–Crippen MR) is 122 cm³/mol. The van der Waals surface area contributed by atoms with Crippen LogP contribution in [-0.4, -0.2) is 32.1 Å². The molecule has 1 aliphatic heterocycles. The molecule has 5 heteroatoms. The summed E-state index contributed by atoms with van der Waals surface area (Å²) < 4.78 is 5.23. The lowest BCUT2D eigenvalue weighted by atomic mass is 9.95. The molecule has 156 valence electrons. The maximum absolute atomic E-state index is 13.1. The van der Waals surface area contributed by atoms with Crippen LogP contribution in [-0.2, 0) is 0 Å². The van der Waals surface area contributed by atoms with E-state index in [-0.39, 0.29) is 11.9 Å². The van der Waals surface area contributed by atoms with Gasteiger partial charge in [-0.25, -0.2) is 0 Å². The van der Waals surface area contributed by atoms with E-state index in [0.717, 1.165) is 42.8 Å².